The van der Waals surface area contributed by atoms with E-state index in [2.05, 4.69) is 5.32 Å². The molecule has 0 saturated heterocycles. The Labute approximate surface area is 128 Å². The zero-order valence-corrected chi connectivity index (χ0v) is 12.8. The number of halogens is 3. The first kappa shape index (κ1) is 18.5. The van der Waals surface area contributed by atoms with Crippen LogP contribution in [-0.4, -0.2) is 23.2 Å². The summed E-state index contributed by atoms with van der Waals surface area (Å²) in [7, 11) is 0. The van der Waals surface area contributed by atoms with Gasteiger partial charge in [-0.3, -0.25) is 4.79 Å². The van der Waals surface area contributed by atoms with E-state index in [-0.39, 0.29) is 18.0 Å². The summed E-state index contributed by atoms with van der Waals surface area (Å²) >= 11 is 0. The molecule has 6 heteroatoms. The van der Waals surface area contributed by atoms with E-state index in [4.69, 9.17) is 5.11 Å². The lowest BCUT2D eigenvalue weighted by Crippen LogP contribution is -2.43. The van der Waals surface area contributed by atoms with E-state index in [0.717, 1.165) is 18.9 Å². The van der Waals surface area contributed by atoms with E-state index in [1.54, 1.807) is 13.0 Å². The number of hydrogen-bond acceptors (Lipinski definition) is 2. The van der Waals surface area contributed by atoms with Gasteiger partial charge in [0.25, 0.3) is 0 Å². The Hall–Kier alpha value is -1.56. The summed E-state index contributed by atoms with van der Waals surface area (Å²) in [6, 6.07) is 4.31. The van der Waals surface area contributed by atoms with Crippen LogP contribution in [0.1, 0.15) is 44.2 Å². The largest absolute Gasteiger partial charge is 0.480 e. The topological polar surface area (TPSA) is 49.3 Å². The molecule has 1 rings (SSSR count). The molecule has 0 aliphatic carbocycles. The molecule has 2 atom stereocenters. The minimum Gasteiger partial charge on any atom is -0.480 e. The van der Waals surface area contributed by atoms with Crippen LogP contribution in [0.5, 0.6) is 0 Å². The van der Waals surface area contributed by atoms with E-state index in [1.165, 1.54) is 12.1 Å². The normalized spacial score (nSPS) is 14.6. The average molecular weight is 317 g/mol. The maximum absolute atomic E-state index is 12.9. The van der Waals surface area contributed by atoms with E-state index in [9.17, 15) is 18.0 Å². The molecule has 0 aromatic heterocycles. The highest BCUT2D eigenvalue weighted by atomic mass is 19.4. The molecule has 0 fully saturated rings. The van der Waals surface area contributed by atoms with Crippen LogP contribution in [0.15, 0.2) is 24.3 Å². The second-order valence-electron chi connectivity index (χ2n) is 5.46. The van der Waals surface area contributed by atoms with Crippen molar-refractivity contribution in [1.82, 2.24) is 5.32 Å². The fourth-order valence-corrected chi connectivity index (χ4v) is 2.39. The van der Waals surface area contributed by atoms with Crippen LogP contribution in [0.3, 0.4) is 0 Å². The molecule has 3 nitrogen and oxygen atoms in total. The highest BCUT2D eigenvalue weighted by molar-refractivity contribution is 5.73. The van der Waals surface area contributed by atoms with Gasteiger partial charge in [0.2, 0.25) is 0 Å². The first-order valence-electron chi connectivity index (χ1n) is 7.39. The van der Waals surface area contributed by atoms with Gasteiger partial charge in [0.15, 0.2) is 0 Å². The minimum atomic E-state index is -4.40. The third kappa shape index (κ3) is 5.67. The maximum atomic E-state index is 12.9. The Balaban J connectivity index is 2.76. The molecule has 0 saturated carbocycles. The van der Waals surface area contributed by atoms with Gasteiger partial charge in [-0.15, -0.1) is 0 Å². The molecule has 124 valence electrons. The Kier molecular flexibility index (Phi) is 6.87. The minimum absolute atomic E-state index is 0.131. The number of aliphatic carboxylic acids is 1. The van der Waals surface area contributed by atoms with Crippen molar-refractivity contribution in [2.45, 2.75) is 57.8 Å². The van der Waals surface area contributed by atoms with Crippen LogP contribution in [0, 0.1) is 0 Å². The summed E-state index contributed by atoms with van der Waals surface area (Å²) in [6.07, 6.45) is -2.17. The predicted molar refractivity (Wildman–Crippen MR) is 78.7 cm³/mol. The van der Waals surface area contributed by atoms with Crippen molar-refractivity contribution in [2.24, 2.45) is 0 Å². The summed E-state index contributed by atoms with van der Waals surface area (Å²) in [5.74, 6) is -0.968. The standard InChI is InChI=1S/C16H22F3NO2/c1-3-4-9-14(15(21)22)20-11(2)10-12-7-5-6-8-13(12)16(17,18)19/h5-8,11,14,20H,3-4,9-10H2,1-2H3,(H,21,22)/t11?,14-/m0/s1. The first-order valence-corrected chi connectivity index (χ1v) is 7.39. The number of unbranched alkanes of at least 4 members (excludes halogenated alkanes) is 1. The van der Waals surface area contributed by atoms with Gasteiger partial charge in [0, 0.05) is 6.04 Å². The molecule has 0 bridgehead atoms. The second-order valence-corrected chi connectivity index (χ2v) is 5.46. The van der Waals surface area contributed by atoms with Gasteiger partial charge in [-0.25, -0.2) is 0 Å². The van der Waals surface area contributed by atoms with Crippen molar-refractivity contribution in [1.29, 1.82) is 0 Å². The van der Waals surface area contributed by atoms with E-state index < -0.39 is 23.8 Å². The quantitative estimate of drug-likeness (QED) is 0.765. The first-order chi connectivity index (χ1) is 10.3. The molecule has 0 aliphatic rings. The van der Waals surface area contributed by atoms with Crippen molar-refractivity contribution in [3.05, 3.63) is 35.4 Å². The Morgan fingerprint density at radius 3 is 2.50 bits per heavy atom. The van der Waals surface area contributed by atoms with E-state index >= 15 is 0 Å². The van der Waals surface area contributed by atoms with Gasteiger partial charge >= 0.3 is 12.1 Å². The van der Waals surface area contributed by atoms with Crippen LogP contribution in [0.2, 0.25) is 0 Å². The van der Waals surface area contributed by atoms with Gasteiger partial charge in [-0.05, 0) is 31.4 Å². The highest BCUT2D eigenvalue weighted by Crippen LogP contribution is 2.32. The predicted octanol–water partition coefficient (Wildman–Crippen LogP) is 3.87. The number of hydrogen-bond donors (Lipinski definition) is 2. The van der Waals surface area contributed by atoms with Crippen LogP contribution >= 0.6 is 0 Å². The third-order valence-corrected chi connectivity index (χ3v) is 3.48. The van der Waals surface area contributed by atoms with Gasteiger partial charge in [0.1, 0.15) is 6.04 Å². The van der Waals surface area contributed by atoms with Crippen molar-refractivity contribution < 1.29 is 23.1 Å². The maximum Gasteiger partial charge on any atom is 0.416 e. The summed E-state index contributed by atoms with van der Waals surface area (Å²) in [5, 5.41) is 12.1. The Bertz CT molecular complexity index is 489. The molecular formula is C16H22F3NO2. The Morgan fingerprint density at radius 2 is 1.95 bits per heavy atom. The van der Waals surface area contributed by atoms with Crippen LogP contribution in [-0.2, 0) is 17.4 Å². The molecule has 1 unspecified atom stereocenters. The number of nitrogens with one attached hydrogen (secondary N) is 1. The van der Waals surface area contributed by atoms with Crippen LogP contribution in [0.4, 0.5) is 13.2 Å². The lowest BCUT2D eigenvalue weighted by molar-refractivity contribution is -0.140. The van der Waals surface area contributed by atoms with Gasteiger partial charge < -0.3 is 10.4 Å². The molecule has 0 radical (unpaired) electrons. The summed E-state index contributed by atoms with van der Waals surface area (Å²) in [4.78, 5) is 11.2. The van der Waals surface area contributed by atoms with Crippen molar-refractivity contribution in [3.63, 3.8) is 0 Å². The lowest BCUT2D eigenvalue weighted by Gasteiger charge is -2.21. The fourth-order valence-electron chi connectivity index (χ4n) is 2.39. The Morgan fingerprint density at radius 1 is 1.32 bits per heavy atom. The van der Waals surface area contributed by atoms with E-state index in [1.807, 2.05) is 6.92 Å². The third-order valence-electron chi connectivity index (χ3n) is 3.48. The molecule has 1 aromatic rings. The summed E-state index contributed by atoms with van der Waals surface area (Å²) in [6.45, 7) is 3.66. The molecule has 0 spiro atoms. The van der Waals surface area contributed by atoms with Crippen molar-refractivity contribution in [2.75, 3.05) is 0 Å². The van der Waals surface area contributed by atoms with Gasteiger partial charge in [0.05, 0.1) is 5.56 Å². The van der Waals surface area contributed by atoms with Crippen LogP contribution < -0.4 is 5.32 Å². The highest BCUT2D eigenvalue weighted by Gasteiger charge is 2.33. The zero-order chi connectivity index (χ0) is 16.8. The lowest BCUT2D eigenvalue weighted by atomic mass is 9.99. The number of rotatable bonds is 8. The monoisotopic (exact) mass is 317 g/mol. The van der Waals surface area contributed by atoms with Crippen LogP contribution in [0.25, 0.3) is 0 Å². The van der Waals surface area contributed by atoms with Crippen molar-refractivity contribution >= 4 is 5.97 Å². The number of carboxylic acids is 1. The molecule has 0 amide bonds. The number of carbonyl (C=O) groups is 1. The average Bonchev–Trinajstić information content (AvgIpc) is 2.42. The number of alkyl halides is 3. The number of benzene rings is 1. The van der Waals surface area contributed by atoms with Gasteiger partial charge in [-0.1, -0.05) is 38.0 Å². The van der Waals surface area contributed by atoms with Gasteiger partial charge in [-0.2, -0.15) is 13.2 Å². The van der Waals surface area contributed by atoms with E-state index in [0.29, 0.717) is 6.42 Å². The van der Waals surface area contributed by atoms with Crippen molar-refractivity contribution in [3.8, 4) is 0 Å². The summed E-state index contributed by atoms with van der Waals surface area (Å²) < 4.78 is 38.8. The molecule has 2 N–H and O–H groups in total. The second kappa shape index (κ2) is 8.17. The molecule has 0 aliphatic heterocycles. The zero-order valence-electron chi connectivity index (χ0n) is 12.8. The fraction of sp³-hybridized carbons (Fsp3) is 0.562. The smallest absolute Gasteiger partial charge is 0.416 e. The molecular weight excluding hydrogens is 295 g/mol. The summed E-state index contributed by atoms with van der Waals surface area (Å²) in [5.41, 5.74) is -0.487. The molecule has 22 heavy (non-hydrogen) atoms. The SMILES string of the molecule is CCCC[C@H](NC(C)Cc1ccccc1C(F)(F)F)C(=O)O. The number of carboxylic acid groups (broad SMARTS) is 1. The molecule has 0 heterocycles. The molecule has 1 aromatic carbocycles.